The third-order valence-corrected chi connectivity index (χ3v) is 5.04. The van der Waals surface area contributed by atoms with Crippen LogP contribution in [0, 0.1) is 6.92 Å². The van der Waals surface area contributed by atoms with Crippen LogP contribution < -0.4 is 10.6 Å². The summed E-state index contributed by atoms with van der Waals surface area (Å²) in [5.41, 5.74) is 9.06. The third kappa shape index (κ3) is 3.73. The molecule has 122 valence electrons. The van der Waals surface area contributed by atoms with Crippen molar-refractivity contribution in [3.63, 3.8) is 0 Å². The zero-order valence-electron chi connectivity index (χ0n) is 12.9. The number of esters is 1. The van der Waals surface area contributed by atoms with Crippen LogP contribution in [0.1, 0.15) is 41.6 Å². The largest absolute Gasteiger partial charge is 0.460 e. The molecule has 0 amide bonds. The highest BCUT2D eigenvalue weighted by Gasteiger charge is 2.21. The number of nitrogen functional groups attached to an aromatic ring is 1. The molecule has 0 bridgehead atoms. The van der Waals surface area contributed by atoms with E-state index in [0.717, 1.165) is 41.7 Å². The zero-order chi connectivity index (χ0) is 16.1. The maximum Gasteiger partial charge on any atom is 0.338 e. The number of ether oxygens (including phenoxy) is 1. The zero-order valence-corrected chi connectivity index (χ0v) is 14.5. The average molecular weight is 371 g/mol. The van der Waals surface area contributed by atoms with Crippen LogP contribution in [0.3, 0.4) is 0 Å². The van der Waals surface area contributed by atoms with E-state index in [-0.39, 0.29) is 13.2 Å². The Labute approximate surface area is 139 Å². The monoisotopic (exact) mass is 370 g/mol. The number of halogens is 1. The molecule has 5 nitrogen and oxygen atoms in total. The SMILES string of the molecule is Cc1c(C(=O)OCCO)cc(N2CCCCCC2)c(N)c1Br. The fourth-order valence-corrected chi connectivity index (χ4v) is 3.17. The number of nitrogens with zero attached hydrogens (tertiary/aromatic N) is 1. The summed E-state index contributed by atoms with van der Waals surface area (Å²) < 4.78 is 5.79. The molecule has 1 aromatic carbocycles. The standard InChI is InChI=1S/C16H23BrN2O3/c1-11-12(16(21)22-9-8-20)10-13(15(18)14(11)17)19-6-4-2-3-5-7-19/h10,20H,2-9,18H2,1H3. The first-order valence-electron chi connectivity index (χ1n) is 7.67. The molecule has 6 heteroatoms. The van der Waals surface area contributed by atoms with Crippen LogP contribution in [0.4, 0.5) is 11.4 Å². The number of carbonyl (C=O) groups is 1. The predicted octanol–water partition coefficient (Wildman–Crippen LogP) is 2.87. The smallest absolute Gasteiger partial charge is 0.338 e. The molecular weight excluding hydrogens is 348 g/mol. The van der Waals surface area contributed by atoms with E-state index in [9.17, 15) is 4.79 Å². The van der Waals surface area contributed by atoms with E-state index in [1.54, 1.807) is 0 Å². The minimum absolute atomic E-state index is 0.000678. The second kappa shape index (κ2) is 7.83. The van der Waals surface area contributed by atoms with E-state index in [0.29, 0.717) is 11.3 Å². The molecule has 1 aromatic rings. The van der Waals surface area contributed by atoms with Crippen LogP contribution in [0.25, 0.3) is 0 Å². The van der Waals surface area contributed by atoms with Gasteiger partial charge in [0.2, 0.25) is 0 Å². The molecule has 1 aliphatic heterocycles. The molecule has 0 saturated carbocycles. The first-order chi connectivity index (χ1) is 10.6. The van der Waals surface area contributed by atoms with Crippen LogP contribution in [0.5, 0.6) is 0 Å². The summed E-state index contributed by atoms with van der Waals surface area (Å²) in [5, 5.41) is 8.81. The highest BCUT2D eigenvalue weighted by molar-refractivity contribution is 9.10. The van der Waals surface area contributed by atoms with Crippen molar-refractivity contribution in [1.29, 1.82) is 0 Å². The van der Waals surface area contributed by atoms with Crippen LogP contribution in [0.15, 0.2) is 10.5 Å². The minimum Gasteiger partial charge on any atom is -0.460 e. The van der Waals surface area contributed by atoms with Crippen molar-refractivity contribution in [2.24, 2.45) is 0 Å². The normalized spacial score (nSPS) is 15.5. The maximum atomic E-state index is 12.2. The molecule has 0 atom stereocenters. The molecule has 1 heterocycles. The number of rotatable bonds is 4. The molecule has 0 spiro atoms. The average Bonchev–Trinajstić information content (AvgIpc) is 2.79. The van der Waals surface area contributed by atoms with Gasteiger partial charge in [-0.15, -0.1) is 0 Å². The molecule has 2 rings (SSSR count). The number of carbonyl (C=O) groups excluding carboxylic acids is 1. The van der Waals surface area contributed by atoms with E-state index in [1.165, 1.54) is 12.8 Å². The highest BCUT2D eigenvalue weighted by Crippen LogP contribution is 2.37. The topological polar surface area (TPSA) is 75.8 Å². The van der Waals surface area contributed by atoms with E-state index < -0.39 is 5.97 Å². The van der Waals surface area contributed by atoms with Crippen molar-refractivity contribution < 1.29 is 14.6 Å². The quantitative estimate of drug-likeness (QED) is 0.629. The fraction of sp³-hybridized carbons (Fsp3) is 0.562. The Morgan fingerprint density at radius 2 is 2.00 bits per heavy atom. The van der Waals surface area contributed by atoms with Gasteiger partial charge in [-0.3, -0.25) is 0 Å². The highest BCUT2D eigenvalue weighted by atomic mass is 79.9. The molecular formula is C16H23BrN2O3. The fourth-order valence-electron chi connectivity index (χ4n) is 2.76. The number of aliphatic hydroxyl groups is 1. The third-order valence-electron chi connectivity index (χ3n) is 4.02. The lowest BCUT2D eigenvalue weighted by Crippen LogP contribution is -2.25. The Morgan fingerprint density at radius 3 is 2.59 bits per heavy atom. The maximum absolute atomic E-state index is 12.2. The van der Waals surface area contributed by atoms with Crippen molar-refractivity contribution in [3.05, 3.63) is 21.7 Å². The Bertz CT molecular complexity index is 541. The van der Waals surface area contributed by atoms with Crippen LogP contribution in [-0.2, 0) is 4.74 Å². The molecule has 22 heavy (non-hydrogen) atoms. The molecule has 0 radical (unpaired) electrons. The summed E-state index contributed by atoms with van der Waals surface area (Å²) in [6.45, 7) is 3.55. The Morgan fingerprint density at radius 1 is 1.36 bits per heavy atom. The number of hydrogen-bond acceptors (Lipinski definition) is 5. The lowest BCUT2D eigenvalue weighted by molar-refractivity contribution is 0.0433. The summed E-state index contributed by atoms with van der Waals surface area (Å²) in [6, 6.07) is 1.82. The summed E-state index contributed by atoms with van der Waals surface area (Å²) in [5.74, 6) is -0.427. The summed E-state index contributed by atoms with van der Waals surface area (Å²) >= 11 is 3.49. The molecule has 1 aliphatic rings. The van der Waals surface area contributed by atoms with Gasteiger partial charge in [-0.05, 0) is 47.3 Å². The van der Waals surface area contributed by atoms with Crippen LogP contribution in [-0.4, -0.2) is 37.4 Å². The van der Waals surface area contributed by atoms with Gasteiger partial charge in [0.1, 0.15) is 6.61 Å². The van der Waals surface area contributed by atoms with Gasteiger partial charge in [0.15, 0.2) is 0 Å². The molecule has 0 aliphatic carbocycles. The van der Waals surface area contributed by atoms with Crippen molar-refractivity contribution >= 4 is 33.3 Å². The second-order valence-corrected chi connectivity index (χ2v) is 6.35. The van der Waals surface area contributed by atoms with Gasteiger partial charge < -0.3 is 20.5 Å². The van der Waals surface area contributed by atoms with Crippen molar-refractivity contribution in [2.45, 2.75) is 32.6 Å². The van der Waals surface area contributed by atoms with Gasteiger partial charge >= 0.3 is 5.97 Å². The first-order valence-corrected chi connectivity index (χ1v) is 8.47. The predicted molar refractivity (Wildman–Crippen MR) is 91.3 cm³/mol. The lowest BCUT2D eigenvalue weighted by atomic mass is 10.1. The minimum atomic E-state index is -0.427. The number of nitrogens with two attached hydrogens (primary N) is 1. The molecule has 1 fully saturated rings. The lowest BCUT2D eigenvalue weighted by Gasteiger charge is -2.26. The van der Waals surface area contributed by atoms with Gasteiger partial charge in [0.25, 0.3) is 0 Å². The Balaban J connectivity index is 2.37. The van der Waals surface area contributed by atoms with Gasteiger partial charge in [-0.1, -0.05) is 12.8 Å². The van der Waals surface area contributed by atoms with Gasteiger partial charge in [0, 0.05) is 17.6 Å². The van der Waals surface area contributed by atoms with E-state index in [4.69, 9.17) is 15.6 Å². The summed E-state index contributed by atoms with van der Waals surface area (Å²) in [7, 11) is 0. The first kappa shape index (κ1) is 17.1. The van der Waals surface area contributed by atoms with Crippen LogP contribution in [0.2, 0.25) is 0 Å². The van der Waals surface area contributed by atoms with Crippen molar-refractivity contribution in [1.82, 2.24) is 0 Å². The molecule has 0 unspecified atom stereocenters. The molecule has 1 saturated heterocycles. The van der Waals surface area contributed by atoms with Gasteiger partial charge in [-0.25, -0.2) is 4.79 Å². The van der Waals surface area contributed by atoms with E-state index in [1.807, 2.05) is 13.0 Å². The van der Waals surface area contributed by atoms with Gasteiger partial charge in [-0.2, -0.15) is 0 Å². The van der Waals surface area contributed by atoms with E-state index >= 15 is 0 Å². The number of hydrogen-bond donors (Lipinski definition) is 2. The number of benzene rings is 1. The van der Waals surface area contributed by atoms with Crippen LogP contribution >= 0.6 is 15.9 Å². The summed E-state index contributed by atoms with van der Waals surface area (Å²) in [4.78, 5) is 14.4. The Kier molecular flexibility index (Phi) is 6.08. The van der Waals surface area contributed by atoms with Crippen molar-refractivity contribution in [3.8, 4) is 0 Å². The number of aliphatic hydroxyl groups excluding tert-OH is 1. The summed E-state index contributed by atoms with van der Waals surface area (Å²) in [6.07, 6.45) is 4.73. The molecule has 3 N–H and O–H groups in total. The Hall–Kier alpha value is -1.27. The van der Waals surface area contributed by atoms with Crippen molar-refractivity contribution in [2.75, 3.05) is 36.9 Å². The van der Waals surface area contributed by atoms with E-state index in [2.05, 4.69) is 20.8 Å². The van der Waals surface area contributed by atoms with Gasteiger partial charge in [0.05, 0.1) is 23.5 Å². The molecule has 0 aromatic heterocycles. The number of anilines is 2. The second-order valence-electron chi connectivity index (χ2n) is 5.56.